The van der Waals surface area contributed by atoms with Gasteiger partial charge in [-0.3, -0.25) is 0 Å². The standard InChI is InChI=1S/C16H17BrO/c1-12-3-9-16(10-4-12)18-11-13(2)14-5-7-15(17)8-6-14/h3-10,13H,11H2,1-2H3. The van der Waals surface area contributed by atoms with Gasteiger partial charge in [-0.25, -0.2) is 0 Å². The molecule has 0 aliphatic carbocycles. The van der Waals surface area contributed by atoms with Crippen molar-refractivity contribution >= 4 is 15.9 Å². The first kappa shape index (κ1) is 13.2. The highest BCUT2D eigenvalue weighted by Crippen LogP contribution is 2.20. The Morgan fingerprint density at radius 3 is 2.22 bits per heavy atom. The highest BCUT2D eigenvalue weighted by Gasteiger charge is 2.06. The van der Waals surface area contributed by atoms with E-state index in [1.165, 1.54) is 11.1 Å². The maximum atomic E-state index is 5.80. The molecule has 2 heteroatoms. The van der Waals surface area contributed by atoms with Crippen molar-refractivity contribution in [3.05, 3.63) is 64.1 Å². The van der Waals surface area contributed by atoms with Crippen LogP contribution in [0.1, 0.15) is 24.0 Å². The molecule has 0 aliphatic rings. The van der Waals surface area contributed by atoms with Crippen LogP contribution in [0.5, 0.6) is 5.75 Å². The average Bonchev–Trinajstić information content (AvgIpc) is 2.38. The van der Waals surface area contributed by atoms with Crippen molar-refractivity contribution in [2.45, 2.75) is 19.8 Å². The monoisotopic (exact) mass is 304 g/mol. The first-order chi connectivity index (χ1) is 8.65. The Morgan fingerprint density at radius 1 is 1.00 bits per heavy atom. The maximum Gasteiger partial charge on any atom is 0.119 e. The van der Waals surface area contributed by atoms with E-state index in [1.807, 2.05) is 12.1 Å². The third kappa shape index (κ3) is 3.61. The molecular weight excluding hydrogens is 288 g/mol. The second-order valence-corrected chi connectivity index (χ2v) is 5.49. The maximum absolute atomic E-state index is 5.80. The van der Waals surface area contributed by atoms with Gasteiger partial charge in [-0.05, 0) is 36.8 Å². The summed E-state index contributed by atoms with van der Waals surface area (Å²) in [4.78, 5) is 0. The van der Waals surface area contributed by atoms with Crippen LogP contribution in [0.25, 0.3) is 0 Å². The molecular formula is C16H17BrO. The summed E-state index contributed by atoms with van der Waals surface area (Å²) in [6.07, 6.45) is 0. The molecule has 2 aromatic carbocycles. The van der Waals surface area contributed by atoms with Crippen LogP contribution in [0.3, 0.4) is 0 Å². The van der Waals surface area contributed by atoms with Gasteiger partial charge in [-0.1, -0.05) is 52.7 Å². The average molecular weight is 305 g/mol. The summed E-state index contributed by atoms with van der Waals surface area (Å²) in [7, 11) is 0. The van der Waals surface area contributed by atoms with E-state index in [-0.39, 0.29) is 0 Å². The molecule has 94 valence electrons. The van der Waals surface area contributed by atoms with E-state index in [0.29, 0.717) is 12.5 Å². The molecule has 0 spiro atoms. The quantitative estimate of drug-likeness (QED) is 0.777. The summed E-state index contributed by atoms with van der Waals surface area (Å²) in [5.74, 6) is 1.32. The lowest BCUT2D eigenvalue weighted by molar-refractivity contribution is 0.296. The van der Waals surface area contributed by atoms with Crippen molar-refractivity contribution < 1.29 is 4.74 Å². The second kappa shape index (κ2) is 6.05. The summed E-state index contributed by atoms with van der Waals surface area (Å²) in [6, 6.07) is 16.6. The van der Waals surface area contributed by atoms with Crippen LogP contribution in [-0.4, -0.2) is 6.61 Å². The molecule has 0 saturated carbocycles. The predicted octanol–water partition coefficient (Wildman–Crippen LogP) is 4.94. The predicted molar refractivity (Wildman–Crippen MR) is 79.2 cm³/mol. The molecule has 0 aliphatic heterocycles. The van der Waals surface area contributed by atoms with Gasteiger partial charge in [0, 0.05) is 10.4 Å². The minimum atomic E-state index is 0.388. The van der Waals surface area contributed by atoms with Crippen LogP contribution in [-0.2, 0) is 0 Å². The van der Waals surface area contributed by atoms with Crippen LogP contribution in [0, 0.1) is 6.92 Å². The van der Waals surface area contributed by atoms with E-state index in [2.05, 4.69) is 66.2 Å². The summed E-state index contributed by atoms with van der Waals surface area (Å²) >= 11 is 3.45. The van der Waals surface area contributed by atoms with Gasteiger partial charge in [0.05, 0.1) is 6.61 Å². The Balaban J connectivity index is 1.93. The molecule has 0 saturated heterocycles. The lowest BCUT2D eigenvalue weighted by Gasteiger charge is -2.13. The first-order valence-electron chi connectivity index (χ1n) is 6.10. The van der Waals surface area contributed by atoms with E-state index in [9.17, 15) is 0 Å². The van der Waals surface area contributed by atoms with E-state index in [4.69, 9.17) is 4.74 Å². The summed E-state index contributed by atoms with van der Waals surface area (Å²) in [5, 5.41) is 0. The summed E-state index contributed by atoms with van der Waals surface area (Å²) < 4.78 is 6.90. The minimum absolute atomic E-state index is 0.388. The van der Waals surface area contributed by atoms with Gasteiger partial charge >= 0.3 is 0 Å². The van der Waals surface area contributed by atoms with Crippen molar-refractivity contribution in [3.8, 4) is 5.75 Å². The molecule has 0 bridgehead atoms. The zero-order valence-corrected chi connectivity index (χ0v) is 12.3. The summed E-state index contributed by atoms with van der Waals surface area (Å²) in [6.45, 7) is 4.95. The highest BCUT2D eigenvalue weighted by atomic mass is 79.9. The molecule has 1 atom stereocenters. The van der Waals surface area contributed by atoms with Crippen molar-refractivity contribution in [1.29, 1.82) is 0 Å². The van der Waals surface area contributed by atoms with Crippen molar-refractivity contribution in [2.75, 3.05) is 6.61 Å². The Morgan fingerprint density at radius 2 is 1.61 bits per heavy atom. The van der Waals surface area contributed by atoms with E-state index in [0.717, 1.165) is 10.2 Å². The first-order valence-corrected chi connectivity index (χ1v) is 6.89. The lowest BCUT2D eigenvalue weighted by atomic mass is 10.0. The number of rotatable bonds is 4. The number of hydrogen-bond acceptors (Lipinski definition) is 1. The smallest absolute Gasteiger partial charge is 0.119 e. The van der Waals surface area contributed by atoms with Crippen LogP contribution in [0.2, 0.25) is 0 Å². The second-order valence-electron chi connectivity index (χ2n) is 4.58. The van der Waals surface area contributed by atoms with Gasteiger partial charge in [0.25, 0.3) is 0 Å². The van der Waals surface area contributed by atoms with Gasteiger partial charge < -0.3 is 4.74 Å². The van der Waals surface area contributed by atoms with E-state index in [1.54, 1.807) is 0 Å². The normalized spacial score (nSPS) is 12.2. The molecule has 0 aromatic heterocycles. The van der Waals surface area contributed by atoms with Gasteiger partial charge in [0.15, 0.2) is 0 Å². The molecule has 0 radical (unpaired) electrons. The van der Waals surface area contributed by atoms with Crippen LogP contribution in [0.4, 0.5) is 0 Å². The molecule has 1 nitrogen and oxygen atoms in total. The third-order valence-electron chi connectivity index (χ3n) is 2.96. The van der Waals surface area contributed by atoms with Gasteiger partial charge in [-0.2, -0.15) is 0 Å². The number of hydrogen-bond donors (Lipinski definition) is 0. The molecule has 2 aromatic rings. The fraction of sp³-hybridized carbons (Fsp3) is 0.250. The fourth-order valence-electron chi connectivity index (χ4n) is 1.74. The molecule has 0 heterocycles. The van der Waals surface area contributed by atoms with Crippen molar-refractivity contribution in [1.82, 2.24) is 0 Å². The molecule has 1 unspecified atom stereocenters. The highest BCUT2D eigenvalue weighted by molar-refractivity contribution is 9.10. The Hall–Kier alpha value is -1.28. The number of ether oxygens (including phenoxy) is 1. The summed E-state index contributed by atoms with van der Waals surface area (Å²) in [5.41, 5.74) is 2.55. The topological polar surface area (TPSA) is 9.23 Å². The number of halogens is 1. The van der Waals surface area contributed by atoms with Gasteiger partial charge in [0.2, 0.25) is 0 Å². The van der Waals surface area contributed by atoms with Crippen molar-refractivity contribution in [3.63, 3.8) is 0 Å². The van der Waals surface area contributed by atoms with Crippen LogP contribution in [0.15, 0.2) is 53.0 Å². The molecule has 2 rings (SSSR count). The molecule has 0 amide bonds. The minimum Gasteiger partial charge on any atom is -0.493 e. The Kier molecular flexibility index (Phi) is 4.43. The van der Waals surface area contributed by atoms with Gasteiger partial charge in [-0.15, -0.1) is 0 Å². The molecule has 0 fully saturated rings. The zero-order valence-electron chi connectivity index (χ0n) is 10.7. The Labute approximate surface area is 117 Å². The largest absolute Gasteiger partial charge is 0.493 e. The Bertz CT molecular complexity index is 488. The zero-order chi connectivity index (χ0) is 13.0. The molecule has 0 N–H and O–H groups in total. The van der Waals surface area contributed by atoms with Crippen LogP contribution < -0.4 is 4.74 Å². The SMILES string of the molecule is Cc1ccc(OCC(C)c2ccc(Br)cc2)cc1. The van der Waals surface area contributed by atoms with E-state index < -0.39 is 0 Å². The fourth-order valence-corrected chi connectivity index (χ4v) is 2.01. The lowest BCUT2D eigenvalue weighted by Crippen LogP contribution is -2.06. The van der Waals surface area contributed by atoms with E-state index >= 15 is 0 Å². The van der Waals surface area contributed by atoms with Gasteiger partial charge in [0.1, 0.15) is 5.75 Å². The molecule has 18 heavy (non-hydrogen) atoms. The van der Waals surface area contributed by atoms with Crippen molar-refractivity contribution in [2.24, 2.45) is 0 Å². The number of benzene rings is 2. The third-order valence-corrected chi connectivity index (χ3v) is 3.49. The van der Waals surface area contributed by atoms with Crippen LogP contribution >= 0.6 is 15.9 Å². The number of aryl methyl sites for hydroxylation is 1.